The summed E-state index contributed by atoms with van der Waals surface area (Å²) in [6.45, 7) is 0. The van der Waals surface area contributed by atoms with Crippen LogP contribution in [0.1, 0.15) is 2.85 Å². The van der Waals surface area contributed by atoms with Crippen LogP contribution in [-0.2, 0) is 0 Å². The van der Waals surface area contributed by atoms with Gasteiger partial charge in [0.25, 0.3) is 0 Å². The van der Waals surface area contributed by atoms with Crippen LogP contribution >= 0.6 is 0 Å². The summed E-state index contributed by atoms with van der Waals surface area (Å²) in [7, 11) is 0. The maximum absolute atomic E-state index is 10.3. The molecular formula is C2H2F4Mg. The van der Waals surface area contributed by atoms with Crippen molar-refractivity contribution in [2.24, 2.45) is 0 Å². The first kappa shape index (κ1) is 10.3. The van der Waals surface area contributed by atoms with Gasteiger partial charge in [-0.1, -0.05) is 0 Å². The van der Waals surface area contributed by atoms with Crippen LogP contribution in [-0.4, -0.2) is 23.1 Å². The Morgan fingerprint density at radius 2 is 1.00 bits per heavy atom. The summed E-state index contributed by atoms with van der Waals surface area (Å²) in [4.78, 5) is 0. The fraction of sp³-hybridized carbons (Fsp3) is 0. The maximum atomic E-state index is 10.3. The molecule has 0 aromatic carbocycles. The van der Waals surface area contributed by atoms with Crippen LogP contribution in [0.25, 0.3) is 0 Å². The first-order valence-corrected chi connectivity index (χ1v) is 1.01. The molecule has 0 radical (unpaired) electrons. The minimum absolute atomic E-state index is 0. The van der Waals surface area contributed by atoms with Crippen molar-refractivity contribution in [3.05, 3.63) is 12.2 Å². The van der Waals surface area contributed by atoms with Gasteiger partial charge in [-0.2, -0.15) is 17.6 Å². The largest absolute Gasteiger partial charge is 2.00 e. The first-order chi connectivity index (χ1) is 2.64. The van der Waals surface area contributed by atoms with Gasteiger partial charge in [-0.05, 0) is 0 Å². The van der Waals surface area contributed by atoms with Gasteiger partial charge in [0.05, 0.1) is 0 Å². The third-order valence-corrected chi connectivity index (χ3v) is 0.143. The second kappa shape index (κ2) is 4.39. The minimum atomic E-state index is -2.91. The van der Waals surface area contributed by atoms with Gasteiger partial charge in [-0.15, -0.1) is 0 Å². The smallest absolute Gasteiger partial charge is 1.00 e. The monoisotopic (exact) mass is 126 g/mol. The Hall–Kier alpha value is 0.226. The summed E-state index contributed by atoms with van der Waals surface area (Å²) in [5.41, 5.74) is 0. The fourth-order valence-electron chi connectivity index (χ4n) is 0. The van der Waals surface area contributed by atoms with Crippen molar-refractivity contribution in [2.75, 3.05) is 0 Å². The van der Waals surface area contributed by atoms with Gasteiger partial charge in [0.15, 0.2) is 0 Å². The van der Waals surface area contributed by atoms with Crippen molar-refractivity contribution in [3.8, 4) is 0 Å². The molecule has 7 heavy (non-hydrogen) atoms. The summed E-state index contributed by atoms with van der Waals surface area (Å²) in [5.74, 6) is 0. The van der Waals surface area contributed by atoms with E-state index in [1.165, 1.54) is 0 Å². The Morgan fingerprint density at radius 1 is 0.857 bits per heavy atom. The Labute approximate surface area is 56.3 Å². The van der Waals surface area contributed by atoms with E-state index in [-0.39, 0.29) is 25.9 Å². The average molecular weight is 126 g/mol. The standard InChI is InChI=1S/C2F4.Mg.2H/c3-1(4)2(5)6;;;/q;+2;2*-1. The van der Waals surface area contributed by atoms with E-state index in [9.17, 15) is 17.6 Å². The SMILES string of the molecule is FC(F)=C(F)F.[H-].[H-].[Mg+2]. The number of rotatable bonds is 0. The van der Waals surface area contributed by atoms with Gasteiger partial charge in [0, 0.05) is 0 Å². The molecule has 0 aliphatic rings. The molecule has 0 bridgehead atoms. The van der Waals surface area contributed by atoms with Crippen LogP contribution < -0.4 is 0 Å². The molecule has 40 valence electrons. The van der Waals surface area contributed by atoms with E-state index in [4.69, 9.17) is 0 Å². The van der Waals surface area contributed by atoms with Crippen LogP contribution in [0.5, 0.6) is 0 Å². The Bertz CT molecular complexity index is 66.6. The van der Waals surface area contributed by atoms with Crippen molar-refractivity contribution in [1.29, 1.82) is 0 Å². The van der Waals surface area contributed by atoms with E-state index in [1.807, 2.05) is 0 Å². The third-order valence-electron chi connectivity index (χ3n) is 0.143. The fourth-order valence-corrected chi connectivity index (χ4v) is 0. The van der Waals surface area contributed by atoms with Crippen LogP contribution in [0.3, 0.4) is 0 Å². The molecule has 0 spiro atoms. The topological polar surface area (TPSA) is 0 Å². The van der Waals surface area contributed by atoms with E-state index < -0.39 is 12.2 Å². The molecule has 0 saturated heterocycles. The molecule has 0 aromatic heterocycles. The van der Waals surface area contributed by atoms with E-state index >= 15 is 0 Å². The molecule has 0 aliphatic heterocycles. The van der Waals surface area contributed by atoms with Gasteiger partial charge >= 0.3 is 35.2 Å². The maximum Gasteiger partial charge on any atom is 2.00 e. The molecule has 0 fully saturated rings. The zero-order chi connectivity index (χ0) is 5.15. The number of hydrogen-bond donors (Lipinski definition) is 0. The molecule has 0 aromatic rings. The summed E-state index contributed by atoms with van der Waals surface area (Å²) in [6, 6.07) is 0. The Kier molecular flexibility index (Phi) is 6.43. The predicted octanol–water partition coefficient (Wildman–Crippen LogP) is 1.84. The van der Waals surface area contributed by atoms with Crippen LogP contribution in [0.4, 0.5) is 17.6 Å². The zero-order valence-electron chi connectivity index (χ0n) is 5.22. The quantitative estimate of drug-likeness (QED) is 0.343. The van der Waals surface area contributed by atoms with Gasteiger partial charge in [-0.25, -0.2) is 0 Å². The van der Waals surface area contributed by atoms with E-state index in [0.717, 1.165) is 0 Å². The van der Waals surface area contributed by atoms with Crippen LogP contribution in [0.2, 0.25) is 0 Å². The van der Waals surface area contributed by atoms with Crippen molar-refractivity contribution in [3.63, 3.8) is 0 Å². The van der Waals surface area contributed by atoms with Gasteiger partial charge in [0.2, 0.25) is 0 Å². The Morgan fingerprint density at radius 3 is 1.00 bits per heavy atom. The van der Waals surface area contributed by atoms with Gasteiger partial charge in [0.1, 0.15) is 0 Å². The van der Waals surface area contributed by atoms with Gasteiger partial charge in [-0.3, -0.25) is 0 Å². The van der Waals surface area contributed by atoms with Crippen LogP contribution in [0, 0.1) is 0 Å². The summed E-state index contributed by atoms with van der Waals surface area (Å²) < 4.78 is 41.1. The van der Waals surface area contributed by atoms with E-state index in [0.29, 0.717) is 0 Å². The second-order valence-corrected chi connectivity index (χ2v) is 0.521. The molecule has 0 atom stereocenters. The van der Waals surface area contributed by atoms with E-state index in [1.54, 1.807) is 0 Å². The number of halogens is 4. The first-order valence-electron chi connectivity index (χ1n) is 1.01. The summed E-state index contributed by atoms with van der Waals surface area (Å²) in [6.07, 6.45) is -5.81. The number of hydrogen-bond acceptors (Lipinski definition) is 0. The predicted molar refractivity (Wildman–Crippen MR) is 19.4 cm³/mol. The summed E-state index contributed by atoms with van der Waals surface area (Å²) >= 11 is 0. The van der Waals surface area contributed by atoms with Crippen molar-refractivity contribution in [1.82, 2.24) is 0 Å². The third kappa shape index (κ3) is 6.23. The molecular weight excluding hydrogens is 124 g/mol. The molecule has 0 unspecified atom stereocenters. The molecule has 0 heterocycles. The van der Waals surface area contributed by atoms with Crippen molar-refractivity contribution < 1.29 is 20.4 Å². The Balaban J connectivity index is -0.0000000417. The second-order valence-electron chi connectivity index (χ2n) is 0.521. The van der Waals surface area contributed by atoms with Gasteiger partial charge < -0.3 is 2.85 Å². The molecule has 0 amide bonds. The van der Waals surface area contributed by atoms with Crippen molar-refractivity contribution >= 4 is 23.1 Å². The average Bonchev–Trinajstić information content (AvgIpc) is 1.36. The zero-order valence-corrected chi connectivity index (χ0v) is 4.63. The summed E-state index contributed by atoms with van der Waals surface area (Å²) in [5, 5.41) is 0. The van der Waals surface area contributed by atoms with E-state index in [2.05, 4.69) is 0 Å². The molecule has 5 heteroatoms. The minimum Gasteiger partial charge on any atom is -1.00 e. The molecule has 0 rings (SSSR count). The molecule has 0 aliphatic carbocycles. The molecule has 0 saturated carbocycles. The van der Waals surface area contributed by atoms with Crippen molar-refractivity contribution in [2.45, 2.75) is 0 Å². The van der Waals surface area contributed by atoms with Crippen LogP contribution in [0.15, 0.2) is 12.2 Å². The normalized spacial score (nSPS) is 6.86. The molecule has 0 N–H and O–H groups in total. The molecule has 0 nitrogen and oxygen atoms in total.